The summed E-state index contributed by atoms with van der Waals surface area (Å²) in [6, 6.07) is 25.1. The minimum absolute atomic E-state index is 0.0783. The van der Waals surface area contributed by atoms with Gasteiger partial charge in [0, 0.05) is 76.4 Å². The highest BCUT2D eigenvalue weighted by molar-refractivity contribution is 5.60. The van der Waals surface area contributed by atoms with E-state index in [2.05, 4.69) is 85.6 Å². The molecule has 0 aliphatic heterocycles. The quantitative estimate of drug-likeness (QED) is 0.415. The molecule has 0 saturated heterocycles. The van der Waals surface area contributed by atoms with E-state index in [-0.39, 0.29) is 6.73 Å². The van der Waals surface area contributed by atoms with Gasteiger partial charge >= 0.3 is 0 Å². The SMILES string of the molecule is CN(C)c1ccc(NCN(CN(CO)c2ccc(N(C)C)cc2)c2ccc(N(C)C)cc2)cc1. The van der Waals surface area contributed by atoms with E-state index < -0.39 is 0 Å². The monoisotopic (exact) mass is 462 g/mol. The van der Waals surface area contributed by atoms with Crippen molar-refractivity contribution in [3.05, 3.63) is 72.8 Å². The van der Waals surface area contributed by atoms with Gasteiger partial charge in [-0.05, 0) is 72.8 Å². The number of nitrogens with one attached hydrogen (secondary N) is 1. The molecule has 3 aromatic carbocycles. The predicted molar refractivity (Wildman–Crippen MR) is 148 cm³/mol. The lowest BCUT2D eigenvalue weighted by Crippen LogP contribution is -2.41. The minimum Gasteiger partial charge on any atom is -0.378 e. The second kappa shape index (κ2) is 11.5. The number of hydrogen-bond donors (Lipinski definition) is 2. The Morgan fingerprint density at radius 3 is 1.26 bits per heavy atom. The first-order valence-corrected chi connectivity index (χ1v) is 11.5. The van der Waals surface area contributed by atoms with Crippen molar-refractivity contribution in [2.45, 2.75) is 0 Å². The van der Waals surface area contributed by atoms with Gasteiger partial charge in [0.1, 0.15) is 6.73 Å². The summed E-state index contributed by atoms with van der Waals surface area (Å²) in [5.74, 6) is 0. The van der Waals surface area contributed by atoms with Gasteiger partial charge in [-0.15, -0.1) is 0 Å². The zero-order valence-corrected chi connectivity index (χ0v) is 21.2. The van der Waals surface area contributed by atoms with Crippen LogP contribution in [0.15, 0.2) is 72.8 Å². The standard InChI is InChI=1S/C27H38N6O/c1-29(2)23-9-7-22(8-10-23)28-19-32(26-15-11-24(12-16-26)30(3)4)20-33(21-34)27-17-13-25(14-18-27)31(5)6/h7-18,28,34H,19-21H2,1-6H3. The van der Waals surface area contributed by atoms with Crippen LogP contribution in [0.1, 0.15) is 0 Å². The lowest BCUT2D eigenvalue weighted by Gasteiger charge is -2.33. The minimum atomic E-state index is -0.0783. The molecule has 0 spiro atoms. The van der Waals surface area contributed by atoms with Gasteiger partial charge in [0.25, 0.3) is 0 Å². The Bertz CT molecular complexity index is 1000. The van der Waals surface area contributed by atoms with E-state index in [0.29, 0.717) is 13.3 Å². The van der Waals surface area contributed by atoms with Gasteiger partial charge in [-0.2, -0.15) is 0 Å². The molecule has 0 fully saturated rings. The molecule has 0 heterocycles. The first-order valence-electron chi connectivity index (χ1n) is 11.5. The lowest BCUT2D eigenvalue weighted by molar-refractivity contribution is 0.290. The van der Waals surface area contributed by atoms with Crippen LogP contribution in [0.2, 0.25) is 0 Å². The topological polar surface area (TPSA) is 48.5 Å². The van der Waals surface area contributed by atoms with Crippen molar-refractivity contribution in [1.82, 2.24) is 0 Å². The third-order valence-electron chi connectivity index (χ3n) is 5.83. The van der Waals surface area contributed by atoms with Crippen molar-refractivity contribution in [1.29, 1.82) is 0 Å². The second-order valence-corrected chi connectivity index (χ2v) is 8.96. The molecule has 7 nitrogen and oxygen atoms in total. The molecule has 0 amide bonds. The molecular formula is C27H38N6O. The van der Waals surface area contributed by atoms with E-state index in [9.17, 15) is 5.11 Å². The molecule has 182 valence electrons. The zero-order chi connectivity index (χ0) is 24.7. The van der Waals surface area contributed by atoms with E-state index in [1.807, 2.05) is 59.3 Å². The summed E-state index contributed by atoms with van der Waals surface area (Å²) < 4.78 is 0. The van der Waals surface area contributed by atoms with Crippen LogP contribution in [-0.2, 0) is 0 Å². The third-order valence-corrected chi connectivity index (χ3v) is 5.83. The normalized spacial score (nSPS) is 10.6. The molecule has 0 aromatic heterocycles. The second-order valence-electron chi connectivity index (χ2n) is 8.96. The Morgan fingerprint density at radius 2 is 0.882 bits per heavy atom. The molecule has 3 rings (SSSR count). The Hall–Kier alpha value is -3.58. The number of aliphatic hydroxyl groups is 1. The molecule has 7 heteroatoms. The maximum absolute atomic E-state index is 10.2. The first kappa shape index (κ1) is 25.1. The van der Waals surface area contributed by atoms with Gasteiger partial charge in [0.15, 0.2) is 0 Å². The highest BCUT2D eigenvalue weighted by Gasteiger charge is 2.14. The van der Waals surface area contributed by atoms with E-state index in [1.165, 1.54) is 0 Å². The molecular weight excluding hydrogens is 424 g/mol. The highest BCUT2D eigenvalue weighted by atomic mass is 16.3. The fourth-order valence-electron chi connectivity index (χ4n) is 3.62. The molecule has 0 saturated carbocycles. The van der Waals surface area contributed by atoms with Gasteiger partial charge < -0.3 is 34.9 Å². The molecule has 34 heavy (non-hydrogen) atoms. The maximum Gasteiger partial charge on any atom is 0.117 e. The molecule has 0 bridgehead atoms. The van der Waals surface area contributed by atoms with Gasteiger partial charge in [-0.25, -0.2) is 0 Å². The van der Waals surface area contributed by atoms with Crippen molar-refractivity contribution in [3.63, 3.8) is 0 Å². The van der Waals surface area contributed by atoms with Crippen molar-refractivity contribution in [2.24, 2.45) is 0 Å². The van der Waals surface area contributed by atoms with Crippen LogP contribution < -0.4 is 29.8 Å². The maximum atomic E-state index is 10.2. The number of hydrogen-bond acceptors (Lipinski definition) is 7. The molecule has 0 unspecified atom stereocenters. The van der Waals surface area contributed by atoms with Gasteiger partial charge in [-0.1, -0.05) is 0 Å². The van der Waals surface area contributed by atoms with Gasteiger partial charge in [-0.3, -0.25) is 0 Å². The average molecular weight is 463 g/mol. The van der Waals surface area contributed by atoms with Crippen LogP contribution in [-0.4, -0.2) is 67.5 Å². The van der Waals surface area contributed by atoms with Crippen molar-refractivity contribution >= 4 is 34.1 Å². The summed E-state index contributed by atoms with van der Waals surface area (Å²) in [5, 5.41) is 13.7. The van der Waals surface area contributed by atoms with E-state index >= 15 is 0 Å². The Balaban J connectivity index is 1.80. The van der Waals surface area contributed by atoms with Crippen LogP contribution in [0.25, 0.3) is 0 Å². The summed E-state index contributed by atoms with van der Waals surface area (Å²) in [7, 11) is 12.2. The largest absolute Gasteiger partial charge is 0.378 e. The van der Waals surface area contributed by atoms with Crippen LogP contribution in [0, 0.1) is 0 Å². The van der Waals surface area contributed by atoms with Crippen LogP contribution in [0.5, 0.6) is 0 Å². The van der Waals surface area contributed by atoms with Crippen molar-refractivity contribution in [2.75, 3.05) is 92.2 Å². The van der Waals surface area contributed by atoms with Crippen LogP contribution in [0.3, 0.4) is 0 Å². The Labute approximate surface area is 204 Å². The molecule has 0 radical (unpaired) electrons. The Kier molecular flexibility index (Phi) is 8.49. The van der Waals surface area contributed by atoms with Crippen LogP contribution in [0.4, 0.5) is 34.1 Å². The molecule has 0 atom stereocenters. The summed E-state index contributed by atoms with van der Waals surface area (Å²) in [5.41, 5.74) is 6.53. The summed E-state index contributed by atoms with van der Waals surface area (Å²) in [6.07, 6.45) is 0. The number of aliphatic hydroxyl groups excluding tert-OH is 1. The number of rotatable bonds is 11. The average Bonchev–Trinajstić information content (AvgIpc) is 2.84. The van der Waals surface area contributed by atoms with Gasteiger partial charge in [0.2, 0.25) is 0 Å². The summed E-state index contributed by atoms with van der Waals surface area (Å²) in [4.78, 5) is 10.4. The Morgan fingerprint density at radius 1 is 0.529 bits per heavy atom. The summed E-state index contributed by atoms with van der Waals surface area (Å²) >= 11 is 0. The fourth-order valence-corrected chi connectivity index (χ4v) is 3.62. The van der Waals surface area contributed by atoms with Crippen LogP contribution >= 0.6 is 0 Å². The lowest BCUT2D eigenvalue weighted by atomic mass is 10.2. The van der Waals surface area contributed by atoms with E-state index in [0.717, 1.165) is 34.1 Å². The molecule has 2 N–H and O–H groups in total. The molecule has 0 aliphatic rings. The van der Waals surface area contributed by atoms with Crippen molar-refractivity contribution < 1.29 is 5.11 Å². The van der Waals surface area contributed by atoms with E-state index in [1.54, 1.807) is 0 Å². The first-order chi connectivity index (χ1) is 16.3. The third kappa shape index (κ3) is 6.48. The number of nitrogens with zero attached hydrogens (tertiary/aromatic N) is 5. The number of benzene rings is 3. The fraction of sp³-hybridized carbons (Fsp3) is 0.333. The van der Waals surface area contributed by atoms with E-state index in [4.69, 9.17) is 0 Å². The highest BCUT2D eigenvalue weighted by Crippen LogP contribution is 2.24. The number of anilines is 6. The molecule has 3 aromatic rings. The zero-order valence-electron chi connectivity index (χ0n) is 21.2. The van der Waals surface area contributed by atoms with Gasteiger partial charge in [0.05, 0.1) is 13.3 Å². The predicted octanol–water partition coefficient (Wildman–Crippen LogP) is 4.17. The smallest absolute Gasteiger partial charge is 0.117 e. The van der Waals surface area contributed by atoms with Crippen molar-refractivity contribution in [3.8, 4) is 0 Å². The summed E-state index contributed by atoms with van der Waals surface area (Å²) in [6.45, 7) is 1.04. The molecule has 0 aliphatic carbocycles.